The summed E-state index contributed by atoms with van der Waals surface area (Å²) in [6.45, 7) is 4.13. The van der Waals surface area contributed by atoms with Crippen LogP contribution in [0, 0.1) is 6.92 Å². The smallest absolute Gasteiger partial charge is 0.333 e. The fraction of sp³-hybridized carbons (Fsp3) is 0.235. The molecular formula is C17H18ClNO2. The summed E-state index contributed by atoms with van der Waals surface area (Å²) in [4.78, 5) is 12.2. The van der Waals surface area contributed by atoms with Crippen LogP contribution in [0.2, 0.25) is 5.02 Å². The predicted molar refractivity (Wildman–Crippen MR) is 85.6 cm³/mol. The zero-order chi connectivity index (χ0) is 15.2. The summed E-state index contributed by atoms with van der Waals surface area (Å²) in [5.74, 6) is -0.303. The molecule has 110 valence electrons. The summed E-state index contributed by atoms with van der Waals surface area (Å²) in [6, 6.07) is 14.5. The molecule has 0 heterocycles. The number of nitrogens with one attached hydrogen (secondary N) is 1. The first-order chi connectivity index (χ1) is 10.1. The van der Waals surface area contributed by atoms with Crippen molar-refractivity contribution in [3.05, 3.63) is 64.7 Å². The Hall–Kier alpha value is -2.00. The molecule has 0 amide bonds. The maximum absolute atomic E-state index is 12.2. The highest BCUT2D eigenvalue weighted by Gasteiger charge is 2.22. The number of rotatable bonds is 5. The van der Waals surface area contributed by atoms with Gasteiger partial charge in [0.25, 0.3) is 0 Å². The van der Waals surface area contributed by atoms with E-state index in [4.69, 9.17) is 16.3 Å². The molecule has 0 bridgehead atoms. The summed E-state index contributed by atoms with van der Waals surface area (Å²) in [5, 5.41) is 3.81. The Labute approximate surface area is 129 Å². The Morgan fingerprint density at radius 2 is 2.00 bits per heavy atom. The summed E-state index contributed by atoms with van der Waals surface area (Å²) in [6.07, 6.45) is 0. The number of halogens is 1. The molecular weight excluding hydrogens is 286 g/mol. The van der Waals surface area contributed by atoms with E-state index in [9.17, 15) is 4.79 Å². The van der Waals surface area contributed by atoms with Crippen molar-refractivity contribution in [3.63, 3.8) is 0 Å². The van der Waals surface area contributed by atoms with Gasteiger partial charge in [-0.05, 0) is 37.6 Å². The lowest BCUT2D eigenvalue weighted by atomic mass is 10.0. The lowest BCUT2D eigenvalue weighted by molar-refractivity contribution is -0.144. The Kier molecular flexibility index (Phi) is 5.23. The van der Waals surface area contributed by atoms with E-state index >= 15 is 0 Å². The maximum atomic E-state index is 12.2. The number of ether oxygens (including phenoxy) is 1. The second-order valence-electron chi connectivity index (χ2n) is 4.75. The predicted octanol–water partition coefficient (Wildman–Crippen LogP) is 4.36. The molecule has 0 spiro atoms. The minimum atomic E-state index is -0.552. The zero-order valence-electron chi connectivity index (χ0n) is 12.1. The first kappa shape index (κ1) is 15.4. The number of hydrogen-bond acceptors (Lipinski definition) is 3. The van der Waals surface area contributed by atoms with Gasteiger partial charge in [0.1, 0.15) is 0 Å². The van der Waals surface area contributed by atoms with Crippen LogP contribution in [0.4, 0.5) is 5.69 Å². The third-order valence-electron chi connectivity index (χ3n) is 3.03. The second-order valence-corrected chi connectivity index (χ2v) is 5.19. The number of carbonyl (C=O) groups excluding carboxylic acids is 1. The fourth-order valence-electron chi connectivity index (χ4n) is 2.10. The van der Waals surface area contributed by atoms with Gasteiger partial charge in [-0.2, -0.15) is 0 Å². The van der Waals surface area contributed by atoms with Crippen LogP contribution >= 0.6 is 11.6 Å². The topological polar surface area (TPSA) is 38.3 Å². The second kappa shape index (κ2) is 7.14. The molecule has 0 aliphatic carbocycles. The maximum Gasteiger partial charge on any atom is 0.333 e. The molecule has 21 heavy (non-hydrogen) atoms. The SMILES string of the molecule is CCOC(=O)C(Nc1cccc(Cl)c1)c1cccc(C)c1. The van der Waals surface area contributed by atoms with E-state index in [0.29, 0.717) is 11.6 Å². The Morgan fingerprint density at radius 1 is 1.24 bits per heavy atom. The van der Waals surface area contributed by atoms with Crippen LogP contribution in [0.15, 0.2) is 48.5 Å². The van der Waals surface area contributed by atoms with Gasteiger partial charge in [0.15, 0.2) is 6.04 Å². The molecule has 4 heteroatoms. The normalized spacial score (nSPS) is 11.8. The summed E-state index contributed by atoms with van der Waals surface area (Å²) in [5.41, 5.74) is 2.74. The van der Waals surface area contributed by atoms with Crippen LogP contribution in [0.25, 0.3) is 0 Å². The molecule has 3 nitrogen and oxygen atoms in total. The van der Waals surface area contributed by atoms with E-state index in [0.717, 1.165) is 16.8 Å². The molecule has 0 fully saturated rings. The average Bonchev–Trinajstić information content (AvgIpc) is 2.45. The molecule has 0 aliphatic heterocycles. The minimum absolute atomic E-state index is 0.303. The van der Waals surface area contributed by atoms with Crippen LogP contribution < -0.4 is 5.32 Å². The molecule has 0 saturated heterocycles. The third-order valence-corrected chi connectivity index (χ3v) is 3.27. The van der Waals surface area contributed by atoms with Crippen LogP contribution in [-0.4, -0.2) is 12.6 Å². The van der Waals surface area contributed by atoms with Crippen LogP contribution in [-0.2, 0) is 9.53 Å². The number of anilines is 1. The van der Waals surface area contributed by atoms with Gasteiger partial charge in [-0.3, -0.25) is 0 Å². The molecule has 0 aliphatic rings. The fourth-order valence-corrected chi connectivity index (χ4v) is 2.29. The van der Waals surface area contributed by atoms with E-state index in [-0.39, 0.29) is 5.97 Å². The van der Waals surface area contributed by atoms with E-state index in [1.165, 1.54) is 0 Å². The highest BCUT2D eigenvalue weighted by Crippen LogP contribution is 2.24. The standard InChI is InChI=1S/C17H18ClNO2/c1-3-21-17(20)16(13-7-4-6-12(2)10-13)19-15-9-5-8-14(18)11-15/h4-11,16,19H,3H2,1-2H3. The van der Waals surface area contributed by atoms with Gasteiger partial charge in [-0.1, -0.05) is 47.5 Å². The van der Waals surface area contributed by atoms with Gasteiger partial charge >= 0.3 is 5.97 Å². The van der Waals surface area contributed by atoms with Crippen LogP contribution in [0.5, 0.6) is 0 Å². The van der Waals surface area contributed by atoms with Gasteiger partial charge in [0.05, 0.1) is 6.61 Å². The monoisotopic (exact) mass is 303 g/mol. The van der Waals surface area contributed by atoms with Gasteiger partial charge in [-0.25, -0.2) is 4.79 Å². The molecule has 2 aromatic carbocycles. The first-order valence-electron chi connectivity index (χ1n) is 6.85. The van der Waals surface area contributed by atoms with Crippen LogP contribution in [0.1, 0.15) is 24.1 Å². The van der Waals surface area contributed by atoms with Crippen molar-refractivity contribution in [2.75, 3.05) is 11.9 Å². The zero-order valence-corrected chi connectivity index (χ0v) is 12.9. The quantitative estimate of drug-likeness (QED) is 0.834. The van der Waals surface area contributed by atoms with Gasteiger partial charge in [0.2, 0.25) is 0 Å². The highest BCUT2D eigenvalue weighted by atomic mass is 35.5. The summed E-state index contributed by atoms with van der Waals surface area (Å²) in [7, 11) is 0. The first-order valence-corrected chi connectivity index (χ1v) is 7.23. The van der Waals surface area contributed by atoms with E-state index in [2.05, 4.69) is 5.32 Å². The molecule has 0 aromatic heterocycles. The molecule has 0 radical (unpaired) electrons. The van der Waals surface area contributed by atoms with E-state index in [1.54, 1.807) is 19.1 Å². The molecule has 2 rings (SSSR count). The van der Waals surface area contributed by atoms with Crippen molar-refractivity contribution in [2.45, 2.75) is 19.9 Å². The molecule has 1 unspecified atom stereocenters. The lowest BCUT2D eigenvalue weighted by Gasteiger charge is -2.19. The van der Waals surface area contributed by atoms with E-state index in [1.807, 2.05) is 43.3 Å². The molecule has 1 atom stereocenters. The van der Waals surface area contributed by atoms with Crippen molar-refractivity contribution in [1.29, 1.82) is 0 Å². The third kappa shape index (κ3) is 4.23. The Bertz CT molecular complexity index is 628. The van der Waals surface area contributed by atoms with Gasteiger partial charge < -0.3 is 10.1 Å². The van der Waals surface area contributed by atoms with Crippen molar-refractivity contribution in [2.24, 2.45) is 0 Å². The number of carbonyl (C=O) groups is 1. The van der Waals surface area contributed by atoms with Gasteiger partial charge in [-0.15, -0.1) is 0 Å². The van der Waals surface area contributed by atoms with E-state index < -0.39 is 6.04 Å². The number of benzene rings is 2. The highest BCUT2D eigenvalue weighted by molar-refractivity contribution is 6.30. The Balaban J connectivity index is 2.30. The molecule has 2 aromatic rings. The lowest BCUT2D eigenvalue weighted by Crippen LogP contribution is -2.23. The summed E-state index contributed by atoms with van der Waals surface area (Å²) < 4.78 is 5.17. The van der Waals surface area contributed by atoms with Crippen molar-refractivity contribution in [3.8, 4) is 0 Å². The van der Waals surface area contributed by atoms with Crippen molar-refractivity contribution in [1.82, 2.24) is 0 Å². The number of aryl methyl sites for hydroxylation is 1. The number of hydrogen-bond donors (Lipinski definition) is 1. The minimum Gasteiger partial charge on any atom is -0.464 e. The molecule has 0 saturated carbocycles. The Morgan fingerprint density at radius 3 is 2.67 bits per heavy atom. The van der Waals surface area contributed by atoms with Crippen molar-refractivity contribution >= 4 is 23.3 Å². The summed E-state index contributed by atoms with van der Waals surface area (Å²) >= 11 is 5.98. The number of esters is 1. The largest absolute Gasteiger partial charge is 0.464 e. The molecule has 1 N–H and O–H groups in total. The van der Waals surface area contributed by atoms with Crippen LogP contribution in [0.3, 0.4) is 0 Å². The van der Waals surface area contributed by atoms with Crippen molar-refractivity contribution < 1.29 is 9.53 Å². The average molecular weight is 304 g/mol. The van der Waals surface area contributed by atoms with Gasteiger partial charge in [0, 0.05) is 10.7 Å².